The number of hydrogen-bond donors (Lipinski definition) is 4. The van der Waals surface area contributed by atoms with Gasteiger partial charge in [-0.25, -0.2) is 15.0 Å². The molecule has 1 unspecified atom stereocenters. The van der Waals surface area contributed by atoms with E-state index in [0.717, 1.165) is 18.4 Å². The second-order valence-corrected chi connectivity index (χ2v) is 9.46. The van der Waals surface area contributed by atoms with Gasteiger partial charge in [0.15, 0.2) is 17.0 Å². The lowest BCUT2D eigenvalue weighted by molar-refractivity contribution is -0.131. The number of esters is 1. The molecule has 2 aromatic carbocycles. The zero-order valence-corrected chi connectivity index (χ0v) is 20.2. The van der Waals surface area contributed by atoms with Crippen molar-refractivity contribution >= 4 is 33.7 Å². The van der Waals surface area contributed by atoms with Crippen molar-refractivity contribution in [3.8, 4) is 11.5 Å². The van der Waals surface area contributed by atoms with Gasteiger partial charge in [0, 0.05) is 35.2 Å². The Labute approximate surface area is 211 Å². The number of anilines is 1. The molecule has 2 aromatic heterocycles. The molecule has 4 atom stereocenters. The molecule has 11 heteroatoms. The van der Waals surface area contributed by atoms with Crippen LogP contribution in [0.2, 0.25) is 0 Å². The Kier molecular flexibility index (Phi) is 5.90. The molecule has 0 radical (unpaired) electrons. The van der Waals surface area contributed by atoms with Crippen LogP contribution in [0.5, 0.6) is 11.5 Å². The number of rotatable bonds is 5. The fourth-order valence-electron chi connectivity index (χ4n) is 5.50. The Morgan fingerprint density at radius 2 is 2.05 bits per heavy atom. The van der Waals surface area contributed by atoms with E-state index < -0.39 is 24.4 Å². The topological polar surface area (TPSA) is 152 Å². The molecule has 1 fully saturated rings. The number of carbonyl (C=O) groups is 1. The zero-order valence-electron chi connectivity index (χ0n) is 20.2. The van der Waals surface area contributed by atoms with Gasteiger partial charge in [-0.15, -0.1) is 0 Å². The quantitative estimate of drug-likeness (QED) is 0.235. The smallest absolute Gasteiger partial charge is 0.308 e. The van der Waals surface area contributed by atoms with Crippen LogP contribution in [0.3, 0.4) is 0 Å². The number of aromatic nitrogens is 4. The molecule has 11 nitrogen and oxygen atoms in total. The summed E-state index contributed by atoms with van der Waals surface area (Å²) in [5, 5.41) is 35.7. The van der Waals surface area contributed by atoms with E-state index in [4.69, 9.17) is 9.47 Å². The first-order valence-corrected chi connectivity index (χ1v) is 12.3. The highest BCUT2D eigenvalue weighted by Crippen LogP contribution is 2.48. The van der Waals surface area contributed by atoms with Crippen molar-refractivity contribution < 1.29 is 29.6 Å². The summed E-state index contributed by atoms with van der Waals surface area (Å²) < 4.78 is 13.2. The van der Waals surface area contributed by atoms with Gasteiger partial charge < -0.3 is 30.1 Å². The zero-order chi connectivity index (χ0) is 25.7. The Bertz CT molecular complexity index is 1500. The predicted molar refractivity (Wildman–Crippen MR) is 133 cm³/mol. The number of carbonyl (C=O) groups excluding carboxylic acids is 1. The van der Waals surface area contributed by atoms with Crippen molar-refractivity contribution in [1.82, 2.24) is 19.5 Å². The van der Waals surface area contributed by atoms with Gasteiger partial charge in [0.25, 0.3) is 0 Å². The third-order valence-electron chi connectivity index (χ3n) is 7.16. The Balaban J connectivity index is 1.40. The van der Waals surface area contributed by atoms with Crippen LogP contribution in [-0.2, 0) is 16.0 Å². The van der Waals surface area contributed by atoms with Crippen LogP contribution >= 0.6 is 0 Å². The maximum Gasteiger partial charge on any atom is 0.308 e. The first-order chi connectivity index (χ1) is 18.0. The van der Waals surface area contributed by atoms with Crippen LogP contribution < -0.4 is 10.1 Å². The van der Waals surface area contributed by atoms with Gasteiger partial charge in [0.05, 0.1) is 25.1 Å². The molecule has 0 bridgehead atoms. The maximum absolute atomic E-state index is 12.0. The fraction of sp³-hybridized carbons (Fsp3) is 0.385. The number of fused-ring (bicyclic) bond motifs is 3. The second-order valence-electron chi connectivity index (χ2n) is 9.46. The summed E-state index contributed by atoms with van der Waals surface area (Å²) in [6.07, 6.45) is 3.55. The number of ether oxygens (including phenoxy) is 2. The van der Waals surface area contributed by atoms with E-state index >= 15 is 0 Å². The molecule has 1 aliphatic carbocycles. The molecule has 0 spiro atoms. The van der Waals surface area contributed by atoms with Gasteiger partial charge in [-0.2, -0.15) is 0 Å². The highest BCUT2D eigenvalue weighted by atomic mass is 16.5. The van der Waals surface area contributed by atoms with Crippen molar-refractivity contribution in [2.24, 2.45) is 0 Å². The molecule has 3 heterocycles. The Hall–Kier alpha value is -3.80. The van der Waals surface area contributed by atoms with Crippen LogP contribution in [0.4, 0.5) is 5.82 Å². The minimum absolute atomic E-state index is 0.151. The summed E-state index contributed by atoms with van der Waals surface area (Å²) in [4.78, 5) is 25.3. The lowest BCUT2D eigenvalue weighted by Gasteiger charge is -2.30. The van der Waals surface area contributed by atoms with Gasteiger partial charge in [-0.05, 0) is 19.3 Å². The molecule has 37 heavy (non-hydrogen) atoms. The van der Waals surface area contributed by atoms with E-state index in [1.54, 1.807) is 10.9 Å². The van der Waals surface area contributed by atoms with Crippen molar-refractivity contribution in [3.63, 3.8) is 0 Å². The largest absolute Gasteiger partial charge is 0.507 e. The van der Waals surface area contributed by atoms with E-state index in [9.17, 15) is 20.1 Å². The van der Waals surface area contributed by atoms with Crippen molar-refractivity contribution in [1.29, 1.82) is 0 Å². The number of imidazole rings is 1. The summed E-state index contributed by atoms with van der Waals surface area (Å²) in [7, 11) is 0. The van der Waals surface area contributed by atoms with Gasteiger partial charge in [-0.3, -0.25) is 9.36 Å². The van der Waals surface area contributed by atoms with E-state index in [1.165, 1.54) is 13.3 Å². The Morgan fingerprint density at radius 1 is 1.24 bits per heavy atom. The van der Waals surface area contributed by atoms with Gasteiger partial charge >= 0.3 is 5.97 Å². The molecule has 0 amide bonds. The molecular weight excluding hydrogens is 478 g/mol. The third-order valence-corrected chi connectivity index (χ3v) is 7.16. The number of hydrogen-bond acceptors (Lipinski definition) is 10. The lowest BCUT2D eigenvalue weighted by atomic mass is 9.84. The fourth-order valence-corrected chi connectivity index (χ4v) is 5.50. The minimum Gasteiger partial charge on any atom is -0.507 e. The van der Waals surface area contributed by atoms with Crippen LogP contribution in [-0.4, -0.2) is 59.6 Å². The number of aliphatic hydroxyl groups excluding tert-OH is 2. The lowest BCUT2D eigenvalue weighted by Crippen LogP contribution is -2.24. The molecular formula is C26H27N5O6. The highest BCUT2D eigenvalue weighted by Gasteiger charge is 2.36. The molecule has 2 aliphatic rings. The third kappa shape index (κ3) is 3.95. The summed E-state index contributed by atoms with van der Waals surface area (Å²) in [6, 6.07) is 7.03. The van der Waals surface area contributed by atoms with Crippen molar-refractivity contribution in [2.75, 3.05) is 11.9 Å². The van der Waals surface area contributed by atoms with Crippen LogP contribution in [0.1, 0.15) is 49.6 Å². The van der Waals surface area contributed by atoms with Crippen molar-refractivity contribution in [3.05, 3.63) is 48.0 Å². The number of benzene rings is 2. The second kappa shape index (κ2) is 9.25. The first kappa shape index (κ1) is 23.6. The maximum atomic E-state index is 12.0. The van der Waals surface area contributed by atoms with Crippen LogP contribution in [0.25, 0.3) is 21.9 Å². The number of phenolic OH excluding ortho intramolecular Hbond substituents is 1. The van der Waals surface area contributed by atoms with Gasteiger partial charge in [0.1, 0.15) is 30.2 Å². The highest BCUT2D eigenvalue weighted by molar-refractivity contribution is 5.97. The summed E-state index contributed by atoms with van der Waals surface area (Å²) >= 11 is 0. The SMILES string of the molecule is CC(=O)Oc1c2c(c(O)c3ccccc13)C(Nc1ncnc3c1ncn3[C@H]1C[C@H](O)[C@@H](CO)O1)CCC2. The molecule has 4 N–H and O–H groups in total. The van der Waals surface area contributed by atoms with Crippen LogP contribution in [0.15, 0.2) is 36.9 Å². The summed E-state index contributed by atoms with van der Waals surface area (Å²) in [5.74, 6) is 0.701. The predicted octanol–water partition coefficient (Wildman–Crippen LogP) is 2.74. The normalized spacial score (nSPS) is 23.3. The molecule has 1 saturated heterocycles. The number of nitrogens with zero attached hydrogens (tertiary/aromatic N) is 4. The number of aliphatic hydroxyl groups is 2. The Morgan fingerprint density at radius 3 is 2.81 bits per heavy atom. The van der Waals surface area contributed by atoms with E-state index in [-0.39, 0.29) is 18.4 Å². The average molecular weight is 506 g/mol. The molecule has 1 aliphatic heterocycles. The first-order valence-electron chi connectivity index (χ1n) is 12.3. The van der Waals surface area contributed by atoms with Gasteiger partial charge in [-0.1, -0.05) is 24.3 Å². The molecule has 0 saturated carbocycles. The number of phenols is 1. The summed E-state index contributed by atoms with van der Waals surface area (Å²) in [5.41, 5.74) is 2.52. The van der Waals surface area contributed by atoms with E-state index in [1.807, 2.05) is 24.3 Å². The van der Waals surface area contributed by atoms with Crippen molar-refractivity contribution in [2.45, 2.75) is 57.1 Å². The number of nitrogens with one attached hydrogen (secondary N) is 1. The molecule has 4 aromatic rings. The van der Waals surface area contributed by atoms with Gasteiger partial charge in [0.2, 0.25) is 0 Å². The van der Waals surface area contributed by atoms with Crippen LogP contribution in [0, 0.1) is 0 Å². The number of aromatic hydroxyl groups is 1. The minimum atomic E-state index is -0.783. The monoisotopic (exact) mass is 505 g/mol. The standard InChI is InChI=1S/C26H27N5O6/c1-13(33)36-24-15-6-3-2-5-14(15)23(35)21-16(24)7-4-8-17(21)30-25-22-26(28-11-27-25)31(12-29-22)20-9-18(34)19(10-32)37-20/h2-3,5-6,11-12,17-20,32,34-35H,4,7-10H2,1H3,(H,27,28,30)/t17?,18-,19+,20+/m0/s1. The average Bonchev–Trinajstić information content (AvgIpc) is 3.50. The molecule has 6 rings (SSSR count). The van der Waals surface area contributed by atoms with E-state index in [0.29, 0.717) is 51.9 Å². The van der Waals surface area contributed by atoms with E-state index in [2.05, 4.69) is 20.3 Å². The summed E-state index contributed by atoms with van der Waals surface area (Å²) in [6.45, 7) is 1.09. The molecule has 192 valence electrons.